The number of carbonyl (C=O) groups is 1. The smallest absolute Gasteiger partial charge is 0.269 e. The average Bonchev–Trinajstić information content (AvgIpc) is 3.14. The fourth-order valence-corrected chi connectivity index (χ4v) is 3.70. The summed E-state index contributed by atoms with van der Waals surface area (Å²) < 4.78 is 12.0. The number of benzene rings is 2. The van der Waals surface area contributed by atoms with Crippen LogP contribution in [-0.4, -0.2) is 35.1 Å². The number of aromatic hydroxyl groups is 1. The molecule has 9 heteroatoms. The van der Waals surface area contributed by atoms with Gasteiger partial charge in [-0.2, -0.15) is 0 Å². The first-order valence-electron chi connectivity index (χ1n) is 8.96. The summed E-state index contributed by atoms with van der Waals surface area (Å²) in [4.78, 5) is 20.3. The molecule has 0 spiro atoms. The highest BCUT2D eigenvalue weighted by atomic mass is 32.1. The standard InChI is InChI=1S/C21H18N4O4S/c1-22-20(27)18-10-15(5-6-23-18)29-14-3-4-17-19(11-14)30-21(25-17)24-12-7-13(26)9-16(8-12)28-2/h3-11,26H,1-2H3,(H,22,27)(H,24,25). The van der Waals surface area contributed by atoms with Crippen LogP contribution in [-0.2, 0) is 0 Å². The van der Waals surface area contributed by atoms with Crippen LogP contribution in [0.15, 0.2) is 54.7 Å². The Balaban J connectivity index is 1.56. The van der Waals surface area contributed by atoms with E-state index in [0.29, 0.717) is 28.1 Å². The van der Waals surface area contributed by atoms with Crippen molar-refractivity contribution >= 4 is 38.3 Å². The normalized spacial score (nSPS) is 10.6. The molecule has 0 aliphatic carbocycles. The Bertz CT molecular complexity index is 1220. The lowest BCUT2D eigenvalue weighted by molar-refractivity contribution is 0.0958. The van der Waals surface area contributed by atoms with Gasteiger partial charge in [-0.25, -0.2) is 4.98 Å². The van der Waals surface area contributed by atoms with Gasteiger partial charge < -0.3 is 25.2 Å². The van der Waals surface area contributed by atoms with E-state index in [0.717, 1.165) is 10.2 Å². The van der Waals surface area contributed by atoms with Gasteiger partial charge in [-0.1, -0.05) is 11.3 Å². The number of hydrogen-bond acceptors (Lipinski definition) is 8. The summed E-state index contributed by atoms with van der Waals surface area (Å²) in [6.45, 7) is 0. The van der Waals surface area contributed by atoms with Crippen LogP contribution in [0, 0.1) is 0 Å². The number of rotatable bonds is 6. The zero-order valence-electron chi connectivity index (χ0n) is 16.2. The molecule has 0 saturated heterocycles. The Kier molecular flexibility index (Phi) is 5.36. The quantitative estimate of drug-likeness (QED) is 0.425. The molecule has 0 unspecified atom stereocenters. The molecule has 8 nitrogen and oxygen atoms in total. The molecule has 4 aromatic rings. The van der Waals surface area contributed by atoms with Gasteiger partial charge in [-0.05, 0) is 18.2 Å². The first-order valence-corrected chi connectivity index (χ1v) is 9.77. The molecule has 0 bridgehead atoms. The summed E-state index contributed by atoms with van der Waals surface area (Å²) in [5, 5.41) is 16.2. The van der Waals surface area contributed by atoms with E-state index in [1.807, 2.05) is 18.2 Å². The number of ether oxygens (including phenoxy) is 2. The van der Waals surface area contributed by atoms with Crippen molar-refractivity contribution in [2.75, 3.05) is 19.5 Å². The third-order valence-corrected chi connectivity index (χ3v) is 5.10. The molecular weight excluding hydrogens is 404 g/mol. The Morgan fingerprint density at radius 3 is 2.70 bits per heavy atom. The van der Waals surface area contributed by atoms with Gasteiger partial charge in [0.05, 0.1) is 17.3 Å². The van der Waals surface area contributed by atoms with Gasteiger partial charge in [0.1, 0.15) is 28.7 Å². The molecule has 0 saturated carbocycles. The second kappa shape index (κ2) is 8.26. The second-order valence-corrected chi connectivity index (χ2v) is 7.28. The van der Waals surface area contributed by atoms with Crippen LogP contribution in [0.25, 0.3) is 10.2 Å². The Labute approximate surface area is 176 Å². The molecule has 0 aliphatic heterocycles. The summed E-state index contributed by atoms with van der Waals surface area (Å²) in [6, 6.07) is 13.7. The molecule has 2 heterocycles. The van der Waals surface area contributed by atoms with Crippen molar-refractivity contribution in [3.8, 4) is 23.0 Å². The maximum absolute atomic E-state index is 11.7. The number of fused-ring (bicyclic) bond motifs is 1. The van der Waals surface area contributed by atoms with Crippen molar-refractivity contribution in [1.29, 1.82) is 0 Å². The number of carbonyl (C=O) groups excluding carboxylic acids is 1. The summed E-state index contributed by atoms with van der Waals surface area (Å²) in [7, 11) is 3.09. The topological polar surface area (TPSA) is 106 Å². The van der Waals surface area contributed by atoms with Crippen molar-refractivity contribution in [2.45, 2.75) is 0 Å². The average molecular weight is 422 g/mol. The van der Waals surface area contributed by atoms with Crippen LogP contribution in [0.4, 0.5) is 10.8 Å². The van der Waals surface area contributed by atoms with Crippen LogP contribution in [0.5, 0.6) is 23.0 Å². The van der Waals surface area contributed by atoms with E-state index < -0.39 is 0 Å². The number of phenols is 1. The van der Waals surface area contributed by atoms with Gasteiger partial charge in [0.25, 0.3) is 5.91 Å². The third kappa shape index (κ3) is 4.26. The van der Waals surface area contributed by atoms with E-state index in [1.54, 1.807) is 31.3 Å². The number of nitrogens with zero attached hydrogens (tertiary/aromatic N) is 2. The van der Waals surface area contributed by atoms with Crippen molar-refractivity contribution in [1.82, 2.24) is 15.3 Å². The number of nitrogens with one attached hydrogen (secondary N) is 2. The highest BCUT2D eigenvalue weighted by molar-refractivity contribution is 7.22. The summed E-state index contributed by atoms with van der Waals surface area (Å²) in [5.41, 5.74) is 1.76. The number of pyridine rings is 1. The third-order valence-electron chi connectivity index (χ3n) is 4.16. The molecule has 1 amide bonds. The minimum atomic E-state index is -0.280. The van der Waals surface area contributed by atoms with Crippen molar-refractivity contribution in [3.63, 3.8) is 0 Å². The molecule has 0 aliphatic rings. The van der Waals surface area contributed by atoms with Gasteiger partial charge in [-0.15, -0.1) is 0 Å². The first kappa shape index (κ1) is 19.5. The Morgan fingerprint density at radius 2 is 1.90 bits per heavy atom. The van der Waals surface area contributed by atoms with Crippen LogP contribution < -0.4 is 20.1 Å². The highest BCUT2D eigenvalue weighted by Crippen LogP contribution is 2.34. The summed E-state index contributed by atoms with van der Waals surface area (Å²) in [6.07, 6.45) is 1.52. The molecule has 0 atom stereocenters. The van der Waals surface area contributed by atoms with E-state index in [9.17, 15) is 9.90 Å². The SMILES string of the molecule is CNC(=O)c1cc(Oc2ccc3nc(Nc4cc(O)cc(OC)c4)sc3c2)ccn1. The maximum atomic E-state index is 11.7. The summed E-state index contributed by atoms with van der Waals surface area (Å²) in [5.74, 6) is 1.49. The molecule has 2 aromatic carbocycles. The minimum absolute atomic E-state index is 0.0992. The highest BCUT2D eigenvalue weighted by Gasteiger charge is 2.10. The van der Waals surface area contributed by atoms with Gasteiger partial charge in [0, 0.05) is 49.3 Å². The molecular formula is C21H18N4O4S. The Hall–Kier alpha value is -3.85. The van der Waals surface area contributed by atoms with Crippen molar-refractivity contribution in [3.05, 3.63) is 60.4 Å². The molecule has 30 heavy (non-hydrogen) atoms. The Morgan fingerprint density at radius 1 is 1.07 bits per heavy atom. The predicted molar refractivity (Wildman–Crippen MR) is 115 cm³/mol. The number of thiazole rings is 1. The number of methoxy groups -OCH3 is 1. The molecule has 4 rings (SSSR count). The van der Waals surface area contributed by atoms with E-state index in [4.69, 9.17) is 9.47 Å². The van der Waals surface area contributed by atoms with Crippen LogP contribution in [0.1, 0.15) is 10.5 Å². The molecule has 3 N–H and O–H groups in total. The lowest BCUT2D eigenvalue weighted by atomic mass is 10.3. The molecule has 2 aromatic heterocycles. The molecule has 152 valence electrons. The molecule has 0 fully saturated rings. The van der Waals surface area contributed by atoms with Crippen LogP contribution in [0.3, 0.4) is 0 Å². The largest absolute Gasteiger partial charge is 0.508 e. The number of amides is 1. The maximum Gasteiger partial charge on any atom is 0.269 e. The van der Waals surface area contributed by atoms with Crippen LogP contribution in [0.2, 0.25) is 0 Å². The first-order chi connectivity index (χ1) is 14.5. The van der Waals surface area contributed by atoms with Gasteiger partial charge >= 0.3 is 0 Å². The van der Waals surface area contributed by atoms with Crippen molar-refractivity contribution in [2.24, 2.45) is 0 Å². The fraction of sp³-hybridized carbons (Fsp3) is 0.0952. The van der Waals surface area contributed by atoms with Crippen molar-refractivity contribution < 1.29 is 19.4 Å². The fourth-order valence-electron chi connectivity index (χ4n) is 2.78. The minimum Gasteiger partial charge on any atom is -0.508 e. The number of aromatic nitrogens is 2. The van der Waals surface area contributed by atoms with E-state index in [1.165, 1.54) is 30.7 Å². The number of anilines is 2. The molecule has 0 radical (unpaired) electrons. The van der Waals surface area contributed by atoms with E-state index in [2.05, 4.69) is 20.6 Å². The lowest BCUT2D eigenvalue weighted by Gasteiger charge is -2.06. The van der Waals surface area contributed by atoms with E-state index >= 15 is 0 Å². The zero-order chi connectivity index (χ0) is 21.1. The monoisotopic (exact) mass is 422 g/mol. The van der Waals surface area contributed by atoms with E-state index in [-0.39, 0.29) is 17.4 Å². The second-order valence-electron chi connectivity index (χ2n) is 6.25. The number of phenolic OH excluding ortho intramolecular Hbond substituents is 1. The summed E-state index contributed by atoms with van der Waals surface area (Å²) >= 11 is 1.45. The van der Waals surface area contributed by atoms with Gasteiger partial charge in [-0.3, -0.25) is 9.78 Å². The lowest BCUT2D eigenvalue weighted by Crippen LogP contribution is -2.18. The zero-order valence-corrected chi connectivity index (χ0v) is 17.0. The van der Waals surface area contributed by atoms with Gasteiger partial charge in [0.15, 0.2) is 5.13 Å². The van der Waals surface area contributed by atoms with Gasteiger partial charge in [0.2, 0.25) is 0 Å². The number of hydrogen-bond donors (Lipinski definition) is 3. The predicted octanol–water partition coefficient (Wildman–Crippen LogP) is 4.30. The van der Waals surface area contributed by atoms with Crippen LogP contribution >= 0.6 is 11.3 Å².